The van der Waals surface area contributed by atoms with Crippen molar-refractivity contribution in [3.8, 4) is 0 Å². The largest absolute Gasteiger partial charge is 0.340 e. The lowest BCUT2D eigenvalue weighted by Crippen LogP contribution is -2.46. The lowest BCUT2D eigenvalue weighted by molar-refractivity contribution is -0.137. The first-order valence-electron chi connectivity index (χ1n) is 6.92. The normalized spacial score (nSPS) is 23.9. The summed E-state index contributed by atoms with van der Waals surface area (Å²) >= 11 is 0. The minimum absolute atomic E-state index is 0.104. The molecule has 0 radical (unpaired) electrons. The van der Waals surface area contributed by atoms with Crippen LogP contribution in [0.3, 0.4) is 0 Å². The van der Waals surface area contributed by atoms with E-state index in [1.165, 1.54) is 6.42 Å². The van der Waals surface area contributed by atoms with Crippen molar-refractivity contribution in [3.05, 3.63) is 0 Å². The molecule has 0 aromatic carbocycles. The summed E-state index contributed by atoms with van der Waals surface area (Å²) in [5, 5.41) is 5.73. The highest BCUT2D eigenvalue weighted by Crippen LogP contribution is 2.29. The second-order valence-corrected chi connectivity index (χ2v) is 5.67. The Morgan fingerprint density at radius 3 is 2.50 bits per heavy atom. The molecule has 2 rings (SSSR count). The van der Waals surface area contributed by atoms with Crippen LogP contribution in [0.5, 0.6) is 0 Å². The van der Waals surface area contributed by atoms with Crippen molar-refractivity contribution in [2.75, 3.05) is 13.1 Å². The molecule has 5 heteroatoms. The first-order chi connectivity index (χ1) is 8.56. The summed E-state index contributed by atoms with van der Waals surface area (Å²) in [6.07, 6.45) is 4.13. The quantitative estimate of drug-likeness (QED) is 0.791. The van der Waals surface area contributed by atoms with Crippen molar-refractivity contribution in [2.24, 2.45) is 5.92 Å². The Balaban J connectivity index is 1.74. The predicted molar refractivity (Wildman–Crippen MR) is 69.1 cm³/mol. The third-order valence-corrected chi connectivity index (χ3v) is 3.71. The van der Waals surface area contributed by atoms with Crippen molar-refractivity contribution in [2.45, 2.75) is 51.6 Å². The Labute approximate surface area is 108 Å². The maximum atomic E-state index is 12.0. The van der Waals surface area contributed by atoms with Gasteiger partial charge in [0.2, 0.25) is 5.91 Å². The molecule has 5 nitrogen and oxygen atoms in total. The van der Waals surface area contributed by atoms with Crippen molar-refractivity contribution < 1.29 is 9.59 Å². The van der Waals surface area contributed by atoms with E-state index < -0.39 is 0 Å². The lowest BCUT2D eigenvalue weighted by Gasteiger charge is -2.29. The SMILES string of the molecule is CC(C)NC(=O)NC1CCN(C(=O)C2CCC2)C1. The van der Waals surface area contributed by atoms with E-state index in [2.05, 4.69) is 10.6 Å². The smallest absolute Gasteiger partial charge is 0.315 e. The maximum absolute atomic E-state index is 12.0. The molecule has 3 amide bonds. The molecule has 0 spiro atoms. The summed E-state index contributed by atoms with van der Waals surface area (Å²) in [4.78, 5) is 25.5. The molecule has 102 valence electrons. The Morgan fingerprint density at radius 2 is 1.94 bits per heavy atom. The molecule has 2 N–H and O–H groups in total. The number of rotatable bonds is 3. The summed E-state index contributed by atoms with van der Waals surface area (Å²) in [6.45, 7) is 5.31. The molecule has 0 aromatic rings. The molecule has 1 atom stereocenters. The zero-order valence-corrected chi connectivity index (χ0v) is 11.2. The fourth-order valence-electron chi connectivity index (χ4n) is 2.48. The highest BCUT2D eigenvalue weighted by atomic mass is 16.2. The van der Waals surface area contributed by atoms with Crippen LogP contribution in [0.2, 0.25) is 0 Å². The molecule has 0 bridgehead atoms. The molecule has 1 aliphatic carbocycles. The molecule has 1 unspecified atom stereocenters. The van der Waals surface area contributed by atoms with Gasteiger partial charge >= 0.3 is 6.03 Å². The van der Waals surface area contributed by atoms with Gasteiger partial charge in [-0.2, -0.15) is 0 Å². The molecule has 18 heavy (non-hydrogen) atoms. The van der Waals surface area contributed by atoms with Gasteiger partial charge in [0.1, 0.15) is 0 Å². The van der Waals surface area contributed by atoms with Crippen molar-refractivity contribution in [1.29, 1.82) is 0 Å². The third-order valence-electron chi connectivity index (χ3n) is 3.71. The van der Waals surface area contributed by atoms with Gasteiger partial charge in [0.15, 0.2) is 0 Å². The van der Waals surface area contributed by atoms with E-state index in [1.54, 1.807) is 0 Å². The molecule has 1 saturated heterocycles. The summed E-state index contributed by atoms with van der Waals surface area (Å²) in [5.41, 5.74) is 0. The highest BCUT2D eigenvalue weighted by molar-refractivity contribution is 5.80. The van der Waals surface area contributed by atoms with Crippen LogP contribution in [0, 0.1) is 5.92 Å². The second kappa shape index (κ2) is 5.59. The average Bonchev–Trinajstić information content (AvgIpc) is 2.61. The fourth-order valence-corrected chi connectivity index (χ4v) is 2.48. The number of urea groups is 1. The van der Waals surface area contributed by atoms with Crippen LogP contribution in [-0.4, -0.2) is 42.0 Å². The van der Waals surface area contributed by atoms with Gasteiger partial charge in [-0.05, 0) is 33.1 Å². The predicted octanol–water partition coefficient (Wildman–Crippen LogP) is 1.09. The lowest BCUT2D eigenvalue weighted by atomic mass is 9.84. The Bertz CT molecular complexity index is 326. The third kappa shape index (κ3) is 3.15. The van der Waals surface area contributed by atoms with Crippen LogP contribution in [0.1, 0.15) is 39.5 Å². The summed E-state index contributed by atoms with van der Waals surface area (Å²) < 4.78 is 0. The highest BCUT2D eigenvalue weighted by Gasteiger charge is 2.34. The summed E-state index contributed by atoms with van der Waals surface area (Å²) in [5.74, 6) is 0.544. The summed E-state index contributed by atoms with van der Waals surface area (Å²) in [7, 11) is 0. The van der Waals surface area contributed by atoms with E-state index in [9.17, 15) is 9.59 Å². The summed E-state index contributed by atoms with van der Waals surface area (Å²) in [6, 6.07) is 0.111. The second-order valence-electron chi connectivity index (χ2n) is 5.67. The van der Waals surface area contributed by atoms with Gasteiger partial charge in [0, 0.05) is 31.1 Å². The molecule has 2 aliphatic rings. The number of nitrogens with zero attached hydrogens (tertiary/aromatic N) is 1. The van der Waals surface area contributed by atoms with E-state index in [0.29, 0.717) is 6.54 Å². The van der Waals surface area contributed by atoms with Gasteiger partial charge in [0.05, 0.1) is 0 Å². The van der Waals surface area contributed by atoms with Crippen LogP contribution in [0.4, 0.5) is 4.79 Å². The van der Waals surface area contributed by atoms with Crippen LogP contribution in [-0.2, 0) is 4.79 Å². The monoisotopic (exact) mass is 253 g/mol. The zero-order valence-electron chi connectivity index (χ0n) is 11.2. The molecule has 1 aliphatic heterocycles. The van der Waals surface area contributed by atoms with Crippen LogP contribution < -0.4 is 10.6 Å². The first kappa shape index (κ1) is 13.2. The number of carbonyl (C=O) groups excluding carboxylic acids is 2. The number of nitrogens with one attached hydrogen (secondary N) is 2. The number of amides is 3. The van der Waals surface area contributed by atoms with Crippen molar-refractivity contribution in [1.82, 2.24) is 15.5 Å². The van der Waals surface area contributed by atoms with Crippen LogP contribution in [0.25, 0.3) is 0 Å². The topological polar surface area (TPSA) is 61.4 Å². The first-order valence-corrected chi connectivity index (χ1v) is 6.92. The molecular formula is C13H23N3O2. The molecular weight excluding hydrogens is 230 g/mol. The number of hydrogen-bond acceptors (Lipinski definition) is 2. The van der Waals surface area contributed by atoms with Gasteiger partial charge in [0.25, 0.3) is 0 Å². The van der Waals surface area contributed by atoms with E-state index in [1.807, 2.05) is 18.7 Å². The van der Waals surface area contributed by atoms with Gasteiger partial charge in [-0.15, -0.1) is 0 Å². The Hall–Kier alpha value is -1.26. The number of carbonyl (C=O) groups is 2. The van der Waals surface area contributed by atoms with Gasteiger partial charge in [-0.25, -0.2) is 4.79 Å². The van der Waals surface area contributed by atoms with Crippen LogP contribution in [0.15, 0.2) is 0 Å². The molecule has 0 aromatic heterocycles. The van der Waals surface area contributed by atoms with E-state index >= 15 is 0 Å². The molecule has 2 fully saturated rings. The van der Waals surface area contributed by atoms with Crippen molar-refractivity contribution >= 4 is 11.9 Å². The van der Waals surface area contributed by atoms with E-state index in [-0.39, 0.29) is 29.9 Å². The van der Waals surface area contributed by atoms with Crippen LogP contribution >= 0.6 is 0 Å². The minimum atomic E-state index is -0.132. The average molecular weight is 253 g/mol. The standard InChI is InChI=1S/C13H23N3O2/c1-9(2)14-13(18)15-11-6-7-16(8-11)12(17)10-4-3-5-10/h9-11H,3-8H2,1-2H3,(H2,14,15,18). The van der Waals surface area contributed by atoms with Gasteiger partial charge < -0.3 is 15.5 Å². The Morgan fingerprint density at radius 1 is 1.22 bits per heavy atom. The Kier molecular flexibility index (Phi) is 4.09. The number of likely N-dealkylation sites (tertiary alicyclic amines) is 1. The van der Waals surface area contributed by atoms with Gasteiger partial charge in [-0.1, -0.05) is 6.42 Å². The fraction of sp³-hybridized carbons (Fsp3) is 0.846. The zero-order chi connectivity index (χ0) is 13.1. The molecule has 1 saturated carbocycles. The maximum Gasteiger partial charge on any atom is 0.315 e. The van der Waals surface area contributed by atoms with Crippen molar-refractivity contribution in [3.63, 3.8) is 0 Å². The van der Waals surface area contributed by atoms with Gasteiger partial charge in [-0.3, -0.25) is 4.79 Å². The van der Waals surface area contributed by atoms with E-state index in [4.69, 9.17) is 0 Å². The number of hydrogen-bond donors (Lipinski definition) is 2. The minimum Gasteiger partial charge on any atom is -0.340 e. The van der Waals surface area contributed by atoms with E-state index in [0.717, 1.165) is 25.8 Å². The molecule has 1 heterocycles.